The first-order valence-corrected chi connectivity index (χ1v) is 16.9. The highest BCUT2D eigenvalue weighted by Gasteiger charge is 2.63. The Morgan fingerprint density at radius 3 is 2.55 bits per heavy atom. The van der Waals surface area contributed by atoms with Gasteiger partial charge in [-0.15, -0.1) is 0 Å². The van der Waals surface area contributed by atoms with Crippen molar-refractivity contribution < 1.29 is 4.57 Å². The molecule has 3 aliphatic heterocycles. The highest BCUT2D eigenvalue weighted by atomic mass is 15.2. The van der Waals surface area contributed by atoms with E-state index in [9.17, 15) is 0 Å². The molecular weight excluding hydrogens is 532 g/mol. The molecule has 5 unspecified atom stereocenters. The van der Waals surface area contributed by atoms with Crippen molar-refractivity contribution in [3.63, 3.8) is 0 Å². The third kappa shape index (κ3) is 3.14. The summed E-state index contributed by atoms with van der Waals surface area (Å²) in [6.07, 6.45) is 15.1. The smallest absolute Gasteiger partial charge is 0.217 e. The van der Waals surface area contributed by atoms with Crippen LogP contribution < -0.4 is 4.57 Å². The van der Waals surface area contributed by atoms with Crippen LogP contribution in [0.1, 0.15) is 98.0 Å². The van der Waals surface area contributed by atoms with E-state index in [0.29, 0.717) is 18.0 Å². The van der Waals surface area contributed by atoms with E-state index in [0.717, 1.165) is 32.1 Å². The second-order valence-corrected chi connectivity index (χ2v) is 14.5. The molecule has 0 amide bonds. The summed E-state index contributed by atoms with van der Waals surface area (Å²) in [5.74, 6) is 0.459. The summed E-state index contributed by atoms with van der Waals surface area (Å²) in [5.41, 5.74) is 17.9. The molecular formula is C42H43N2+. The lowest BCUT2D eigenvalue weighted by Crippen LogP contribution is -2.70. The van der Waals surface area contributed by atoms with Gasteiger partial charge in [0.05, 0.1) is 23.1 Å². The molecule has 220 valence electrons. The van der Waals surface area contributed by atoms with Gasteiger partial charge in [0.25, 0.3) is 0 Å². The number of hydrogen-bond acceptors (Lipinski definition) is 1. The number of aromatic nitrogens is 1. The molecule has 4 aromatic rings. The minimum atomic E-state index is -0.0518. The molecule has 4 heterocycles. The monoisotopic (exact) mass is 575 g/mol. The van der Waals surface area contributed by atoms with Gasteiger partial charge < -0.3 is 4.90 Å². The summed E-state index contributed by atoms with van der Waals surface area (Å²) in [6, 6.07) is 26.6. The van der Waals surface area contributed by atoms with E-state index in [1.165, 1.54) is 39.1 Å². The van der Waals surface area contributed by atoms with E-state index in [1.807, 2.05) is 0 Å². The zero-order valence-corrected chi connectivity index (χ0v) is 26.8. The van der Waals surface area contributed by atoms with E-state index in [-0.39, 0.29) is 11.0 Å². The summed E-state index contributed by atoms with van der Waals surface area (Å²) < 4.78 is 2.76. The third-order valence-corrected chi connectivity index (χ3v) is 12.7. The molecule has 0 N–H and O–H groups in total. The highest BCUT2D eigenvalue weighted by molar-refractivity contribution is 5.82. The summed E-state index contributed by atoms with van der Waals surface area (Å²) in [6.45, 7) is 12.4. The van der Waals surface area contributed by atoms with Gasteiger partial charge in [0.15, 0.2) is 11.7 Å². The maximum Gasteiger partial charge on any atom is 0.217 e. The van der Waals surface area contributed by atoms with Crippen molar-refractivity contribution in [1.29, 1.82) is 0 Å². The van der Waals surface area contributed by atoms with Gasteiger partial charge in [-0.05, 0) is 101 Å². The van der Waals surface area contributed by atoms with Crippen LogP contribution in [0.25, 0.3) is 22.4 Å². The van der Waals surface area contributed by atoms with Crippen molar-refractivity contribution in [2.75, 3.05) is 0 Å². The number of hydrogen-bond donors (Lipinski definition) is 0. The average Bonchev–Trinajstić information content (AvgIpc) is 3.71. The topological polar surface area (TPSA) is 7.12 Å². The largest absolute Gasteiger partial charge is 0.360 e. The van der Waals surface area contributed by atoms with Gasteiger partial charge in [-0.3, -0.25) is 0 Å². The van der Waals surface area contributed by atoms with Crippen LogP contribution in [0.4, 0.5) is 0 Å². The van der Waals surface area contributed by atoms with E-state index in [4.69, 9.17) is 0 Å². The van der Waals surface area contributed by atoms with Crippen LogP contribution in [0.15, 0.2) is 96.9 Å². The lowest BCUT2D eigenvalue weighted by molar-refractivity contribution is -0.767. The predicted molar refractivity (Wildman–Crippen MR) is 179 cm³/mol. The van der Waals surface area contributed by atoms with Crippen LogP contribution in [-0.2, 0) is 23.8 Å². The number of rotatable bonds is 6. The molecule has 9 rings (SSSR count). The Morgan fingerprint density at radius 1 is 0.909 bits per heavy atom. The number of allylic oxidation sites excluding steroid dienone is 2. The molecule has 2 nitrogen and oxygen atoms in total. The molecule has 1 aromatic heterocycles. The quantitative estimate of drug-likeness (QED) is 0.183. The number of nitrogens with zero attached hydrogens (tertiary/aromatic N) is 2. The van der Waals surface area contributed by atoms with Crippen LogP contribution in [0.2, 0.25) is 0 Å². The molecule has 3 aromatic carbocycles. The standard InChI is InChI=1S/C42H43N2/c1-6-41(5)42(7-2,27(4)20-36-34-17-11-15-29-21-30-16-12-18-43(36)39(30)37(29)34)35-24-31(28-13-9-8-10-14-28)22-32-23-33-19-26(3)25-44(41)40(33)38(32)35/h8-19,22,24-25,27,36,39H,6-7,20-21,23H2,1-5H3/q+1. The maximum atomic E-state index is 2.76. The first-order chi connectivity index (χ1) is 21.4. The fourth-order valence-corrected chi connectivity index (χ4v) is 10.8. The van der Waals surface area contributed by atoms with Gasteiger partial charge >= 0.3 is 0 Å². The Hall–Kier alpha value is -3.91. The van der Waals surface area contributed by atoms with Crippen LogP contribution in [0.3, 0.4) is 0 Å². The Labute approximate surface area is 262 Å². The Kier molecular flexibility index (Phi) is 5.46. The molecule has 0 saturated heterocycles. The van der Waals surface area contributed by atoms with Crippen molar-refractivity contribution in [1.82, 2.24) is 4.90 Å². The number of pyridine rings is 1. The molecule has 2 heteroatoms. The van der Waals surface area contributed by atoms with E-state index >= 15 is 0 Å². The van der Waals surface area contributed by atoms with Crippen LogP contribution in [-0.4, -0.2) is 4.90 Å². The molecule has 0 radical (unpaired) electrons. The minimum Gasteiger partial charge on any atom is -0.360 e. The molecule has 2 aliphatic carbocycles. The first-order valence-electron chi connectivity index (χ1n) is 16.9. The molecule has 5 atom stereocenters. The molecule has 5 aliphatic rings. The summed E-state index contributed by atoms with van der Waals surface area (Å²) in [7, 11) is 0. The zero-order valence-electron chi connectivity index (χ0n) is 26.8. The second kappa shape index (κ2) is 9.07. The second-order valence-electron chi connectivity index (χ2n) is 14.5. The van der Waals surface area contributed by atoms with Gasteiger partial charge in [-0.25, -0.2) is 0 Å². The molecule has 0 bridgehead atoms. The summed E-state index contributed by atoms with van der Waals surface area (Å²) in [5, 5.41) is 0. The van der Waals surface area contributed by atoms with Crippen molar-refractivity contribution >= 4 is 0 Å². The van der Waals surface area contributed by atoms with E-state index < -0.39 is 0 Å². The van der Waals surface area contributed by atoms with E-state index in [1.54, 1.807) is 27.8 Å². The van der Waals surface area contributed by atoms with Crippen molar-refractivity contribution in [3.8, 4) is 22.4 Å². The van der Waals surface area contributed by atoms with Gasteiger partial charge in [-0.2, -0.15) is 4.57 Å². The average molecular weight is 576 g/mol. The minimum absolute atomic E-state index is 0.0260. The number of benzene rings is 3. The molecule has 0 spiro atoms. The van der Waals surface area contributed by atoms with Crippen molar-refractivity contribution in [2.24, 2.45) is 5.92 Å². The lowest BCUT2D eigenvalue weighted by atomic mass is 9.53. The highest BCUT2D eigenvalue weighted by Crippen LogP contribution is 2.61. The Balaban J connectivity index is 1.26. The van der Waals surface area contributed by atoms with Gasteiger partial charge in [0.1, 0.15) is 0 Å². The van der Waals surface area contributed by atoms with E-state index in [2.05, 4.69) is 135 Å². The fourth-order valence-electron chi connectivity index (χ4n) is 10.8. The van der Waals surface area contributed by atoms with Crippen LogP contribution >= 0.6 is 0 Å². The SMILES string of the molecule is CCC1(C(C)CC2c3cccc4c3C3C(=CC=CN23)C4)c2cc(-c3ccccc3)cc3c2-c2c(cc(C)c[n+]2C1(C)CC)C3. The summed E-state index contributed by atoms with van der Waals surface area (Å²) in [4.78, 5) is 2.72. The number of aryl methyl sites for hydroxylation is 1. The normalized spacial score (nSPS) is 26.9. The van der Waals surface area contributed by atoms with Crippen molar-refractivity contribution in [3.05, 3.63) is 136 Å². The van der Waals surface area contributed by atoms with Crippen LogP contribution in [0.5, 0.6) is 0 Å². The third-order valence-electron chi connectivity index (χ3n) is 12.7. The molecule has 0 saturated carbocycles. The molecule has 0 fully saturated rings. The fraction of sp³-hybridized carbons (Fsp3) is 0.357. The van der Waals surface area contributed by atoms with Gasteiger partial charge in [0, 0.05) is 37.1 Å². The van der Waals surface area contributed by atoms with Gasteiger partial charge in [0.2, 0.25) is 5.69 Å². The van der Waals surface area contributed by atoms with Gasteiger partial charge in [-0.1, -0.05) is 75.4 Å². The Bertz CT molecular complexity index is 1930. The van der Waals surface area contributed by atoms with Crippen LogP contribution in [0, 0.1) is 12.8 Å². The zero-order chi connectivity index (χ0) is 30.0. The molecule has 44 heavy (non-hydrogen) atoms. The Morgan fingerprint density at radius 2 is 1.75 bits per heavy atom. The van der Waals surface area contributed by atoms with Crippen molar-refractivity contribution in [2.45, 2.75) is 89.8 Å². The summed E-state index contributed by atoms with van der Waals surface area (Å²) >= 11 is 0. The maximum absolute atomic E-state index is 2.76. The lowest BCUT2D eigenvalue weighted by Gasteiger charge is -2.52. The predicted octanol–water partition coefficient (Wildman–Crippen LogP) is 9.44. The first kappa shape index (κ1) is 26.5.